The van der Waals surface area contributed by atoms with Crippen LogP contribution in [-0.2, 0) is 4.79 Å². The molecule has 0 saturated heterocycles. The zero-order chi connectivity index (χ0) is 17.6. The molecule has 2 aromatic heterocycles. The number of fused-ring (bicyclic) bond motifs is 2. The summed E-state index contributed by atoms with van der Waals surface area (Å²) in [5, 5.41) is 7.60. The summed E-state index contributed by atoms with van der Waals surface area (Å²) in [7, 11) is 3.37. The highest BCUT2D eigenvalue weighted by Crippen LogP contribution is 2.43. The normalized spacial score (nSPS) is 10.4. The van der Waals surface area contributed by atoms with Crippen molar-refractivity contribution in [3.63, 3.8) is 0 Å². The Labute approximate surface area is 160 Å². The first kappa shape index (κ1) is 17.9. The molecule has 4 rings (SSSR count). The van der Waals surface area contributed by atoms with Crippen LogP contribution in [-0.4, -0.2) is 21.0 Å². The number of para-hydroxylation sites is 2. The lowest BCUT2D eigenvalue weighted by Gasteiger charge is -1.90. The Bertz CT molecular complexity index is 886. The molecule has 2 aromatic carbocycles. The standard InChI is InChI=1S/C14H8N2S4.C3H4O2/c1-3-7-11-9(5-1)15-13(17-11)19-20-14-16-10-6-2-4-8-12(10)18-14;1-2-3(4)5/h1-8H;2H,1H2,(H,4,5). The average molecular weight is 405 g/mol. The summed E-state index contributed by atoms with van der Waals surface area (Å²) in [6.07, 6.45) is 0.833. The fourth-order valence-electron chi connectivity index (χ4n) is 1.84. The van der Waals surface area contributed by atoms with Crippen LogP contribution >= 0.6 is 44.3 Å². The van der Waals surface area contributed by atoms with Gasteiger partial charge in [0.1, 0.15) is 0 Å². The molecule has 4 nitrogen and oxygen atoms in total. The minimum absolute atomic E-state index is 0.833. The van der Waals surface area contributed by atoms with Crippen LogP contribution in [0.25, 0.3) is 20.4 Å². The second-order valence-corrected chi connectivity index (χ2v) is 9.29. The maximum absolute atomic E-state index is 9.25. The number of thiazole rings is 2. The average Bonchev–Trinajstić information content (AvgIpc) is 3.23. The summed E-state index contributed by atoms with van der Waals surface area (Å²) < 4.78 is 4.63. The Kier molecular flexibility index (Phi) is 6.09. The van der Waals surface area contributed by atoms with E-state index in [0.29, 0.717) is 0 Å². The molecule has 0 unspecified atom stereocenters. The van der Waals surface area contributed by atoms with Crippen molar-refractivity contribution in [3.05, 3.63) is 61.2 Å². The number of carboxylic acid groups (broad SMARTS) is 1. The molecule has 2 heterocycles. The van der Waals surface area contributed by atoms with Crippen LogP contribution in [0, 0.1) is 0 Å². The minimum atomic E-state index is -0.981. The summed E-state index contributed by atoms with van der Waals surface area (Å²) in [5.74, 6) is -0.981. The van der Waals surface area contributed by atoms with Gasteiger partial charge in [-0.15, -0.1) is 22.7 Å². The van der Waals surface area contributed by atoms with Crippen molar-refractivity contribution in [3.8, 4) is 0 Å². The minimum Gasteiger partial charge on any atom is -0.478 e. The van der Waals surface area contributed by atoms with E-state index in [0.717, 1.165) is 25.8 Å². The van der Waals surface area contributed by atoms with E-state index in [1.807, 2.05) is 12.1 Å². The van der Waals surface area contributed by atoms with Crippen LogP contribution < -0.4 is 0 Å². The molecular weight excluding hydrogens is 392 g/mol. The third kappa shape index (κ3) is 4.82. The number of aliphatic carboxylic acids is 1. The monoisotopic (exact) mass is 404 g/mol. The fourth-order valence-corrected chi connectivity index (χ4v) is 6.34. The first-order valence-electron chi connectivity index (χ1n) is 7.07. The van der Waals surface area contributed by atoms with Crippen molar-refractivity contribution in [2.45, 2.75) is 8.68 Å². The Morgan fingerprint density at radius 2 is 1.32 bits per heavy atom. The van der Waals surface area contributed by atoms with Gasteiger partial charge in [0.25, 0.3) is 0 Å². The van der Waals surface area contributed by atoms with Crippen molar-refractivity contribution >= 4 is 70.7 Å². The summed E-state index contributed by atoms with van der Waals surface area (Å²) in [5.41, 5.74) is 2.15. The number of aromatic nitrogens is 2. The van der Waals surface area contributed by atoms with E-state index in [4.69, 9.17) is 5.11 Å². The zero-order valence-electron chi connectivity index (χ0n) is 12.8. The number of benzene rings is 2. The number of carboxylic acids is 1. The molecule has 0 bridgehead atoms. The van der Waals surface area contributed by atoms with E-state index < -0.39 is 5.97 Å². The summed E-state index contributed by atoms with van der Waals surface area (Å²) in [4.78, 5) is 18.5. The van der Waals surface area contributed by atoms with Crippen LogP contribution in [0.4, 0.5) is 0 Å². The number of hydrogen-bond acceptors (Lipinski definition) is 7. The lowest BCUT2D eigenvalue weighted by molar-refractivity contribution is -0.131. The van der Waals surface area contributed by atoms with Gasteiger partial charge in [0.05, 0.1) is 20.4 Å². The SMILES string of the molecule is C=CC(=O)O.c1ccc2sc(SSc3nc4ccccc4s3)nc2c1. The van der Waals surface area contributed by atoms with Crippen molar-refractivity contribution in [1.29, 1.82) is 0 Å². The molecule has 0 atom stereocenters. The van der Waals surface area contributed by atoms with E-state index >= 15 is 0 Å². The van der Waals surface area contributed by atoms with Crippen LogP contribution in [0.5, 0.6) is 0 Å². The number of nitrogens with zero attached hydrogens (tertiary/aromatic N) is 2. The Morgan fingerprint density at radius 3 is 1.68 bits per heavy atom. The van der Waals surface area contributed by atoms with Crippen LogP contribution in [0.1, 0.15) is 0 Å². The second kappa shape index (κ2) is 8.48. The van der Waals surface area contributed by atoms with E-state index in [2.05, 4.69) is 52.9 Å². The molecule has 126 valence electrons. The number of carbonyl (C=O) groups is 1. The Balaban J connectivity index is 0.000000324. The van der Waals surface area contributed by atoms with Crippen molar-refractivity contribution in [2.75, 3.05) is 0 Å². The molecule has 25 heavy (non-hydrogen) atoms. The predicted octanol–water partition coefficient (Wildman–Crippen LogP) is 5.96. The first-order chi connectivity index (χ1) is 12.2. The molecule has 4 aromatic rings. The van der Waals surface area contributed by atoms with Gasteiger partial charge in [0.2, 0.25) is 0 Å². The van der Waals surface area contributed by atoms with Gasteiger partial charge < -0.3 is 5.11 Å². The largest absolute Gasteiger partial charge is 0.478 e. The Hall–Kier alpha value is -1.87. The van der Waals surface area contributed by atoms with E-state index in [1.165, 1.54) is 9.40 Å². The fraction of sp³-hybridized carbons (Fsp3) is 0. The van der Waals surface area contributed by atoms with Gasteiger partial charge >= 0.3 is 5.97 Å². The maximum atomic E-state index is 9.25. The number of hydrogen-bond donors (Lipinski definition) is 1. The lowest BCUT2D eigenvalue weighted by Crippen LogP contribution is -1.82. The molecule has 0 spiro atoms. The zero-order valence-corrected chi connectivity index (χ0v) is 16.1. The molecule has 1 N–H and O–H groups in total. The molecule has 0 aliphatic rings. The topological polar surface area (TPSA) is 63.1 Å². The highest BCUT2D eigenvalue weighted by atomic mass is 33.1. The highest BCUT2D eigenvalue weighted by Gasteiger charge is 2.08. The quantitative estimate of drug-likeness (QED) is 0.334. The smallest absolute Gasteiger partial charge is 0.327 e. The van der Waals surface area contributed by atoms with Crippen LogP contribution in [0.15, 0.2) is 69.9 Å². The third-order valence-corrected chi connectivity index (χ3v) is 7.95. The van der Waals surface area contributed by atoms with E-state index in [-0.39, 0.29) is 0 Å². The van der Waals surface area contributed by atoms with Crippen molar-refractivity contribution in [1.82, 2.24) is 9.97 Å². The lowest BCUT2D eigenvalue weighted by atomic mass is 10.3. The van der Waals surface area contributed by atoms with Crippen molar-refractivity contribution in [2.24, 2.45) is 0 Å². The molecular formula is C17H12N2O2S4. The molecule has 0 aliphatic heterocycles. The highest BCUT2D eigenvalue weighted by molar-refractivity contribution is 8.77. The predicted molar refractivity (Wildman–Crippen MR) is 109 cm³/mol. The van der Waals surface area contributed by atoms with Crippen LogP contribution in [0.3, 0.4) is 0 Å². The van der Waals surface area contributed by atoms with Crippen LogP contribution in [0.2, 0.25) is 0 Å². The summed E-state index contributed by atoms with van der Waals surface area (Å²) in [6.45, 7) is 2.96. The van der Waals surface area contributed by atoms with Gasteiger partial charge in [-0.05, 0) is 45.9 Å². The molecule has 0 fully saturated rings. The Morgan fingerprint density at radius 1 is 0.920 bits per heavy atom. The van der Waals surface area contributed by atoms with Gasteiger partial charge in [-0.3, -0.25) is 0 Å². The van der Waals surface area contributed by atoms with E-state index in [9.17, 15) is 4.79 Å². The first-order valence-corrected chi connectivity index (χ1v) is 10.8. The van der Waals surface area contributed by atoms with Gasteiger partial charge in [-0.1, -0.05) is 30.8 Å². The molecule has 0 amide bonds. The number of rotatable bonds is 4. The molecule has 8 heteroatoms. The molecule has 0 radical (unpaired) electrons. The van der Waals surface area contributed by atoms with Gasteiger partial charge in [-0.2, -0.15) is 0 Å². The van der Waals surface area contributed by atoms with Gasteiger partial charge in [0, 0.05) is 6.08 Å². The molecule has 0 aliphatic carbocycles. The van der Waals surface area contributed by atoms with E-state index in [1.54, 1.807) is 44.3 Å². The maximum Gasteiger partial charge on any atom is 0.327 e. The second-order valence-electron chi connectivity index (χ2n) is 4.60. The summed E-state index contributed by atoms with van der Waals surface area (Å²) in [6, 6.07) is 16.5. The summed E-state index contributed by atoms with van der Waals surface area (Å²) >= 11 is 3.46. The van der Waals surface area contributed by atoms with Gasteiger partial charge in [0.15, 0.2) is 8.68 Å². The van der Waals surface area contributed by atoms with Crippen molar-refractivity contribution < 1.29 is 9.90 Å². The van der Waals surface area contributed by atoms with Gasteiger partial charge in [-0.25, -0.2) is 14.8 Å². The third-order valence-electron chi connectivity index (χ3n) is 2.91. The molecule has 0 saturated carbocycles.